The Morgan fingerprint density at radius 2 is 2.14 bits per heavy atom. The molecule has 5 nitrogen and oxygen atoms in total. The van der Waals surface area contributed by atoms with Gasteiger partial charge in [0.1, 0.15) is 5.75 Å². The van der Waals surface area contributed by atoms with Crippen LogP contribution in [0.4, 0.5) is 5.69 Å². The lowest BCUT2D eigenvalue weighted by Gasteiger charge is -2.52. The summed E-state index contributed by atoms with van der Waals surface area (Å²) in [7, 11) is 0. The van der Waals surface area contributed by atoms with E-state index in [1.807, 2.05) is 6.07 Å². The maximum absolute atomic E-state index is 11.8. The fraction of sp³-hybridized carbons (Fsp3) is 0.483. The highest BCUT2D eigenvalue weighted by molar-refractivity contribution is 6.30. The molecule has 5 rings (SSSR count). The predicted octanol–water partition coefficient (Wildman–Crippen LogP) is 5.86. The van der Waals surface area contributed by atoms with Crippen molar-refractivity contribution < 1.29 is 19.7 Å². The van der Waals surface area contributed by atoms with Crippen molar-refractivity contribution in [1.82, 2.24) is 0 Å². The zero-order valence-corrected chi connectivity index (χ0v) is 21.1. The number of hydrogen-bond acceptors (Lipinski definition) is 4. The van der Waals surface area contributed by atoms with E-state index in [2.05, 4.69) is 30.5 Å². The van der Waals surface area contributed by atoms with Crippen LogP contribution in [-0.4, -0.2) is 42.0 Å². The van der Waals surface area contributed by atoms with Crippen molar-refractivity contribution in [2.45, 2.75) is 57.0 Å². The number of ether oxygens (including phenoxy) is 1. The van der Waals surface area contributed by atoms with Gasteiger partial charge in [0.2, 0.25) is 0 Å². The van der Waals surface area contributed by atoms with E-state index in [0.29, 0.717) is 18.9 Å². The van der Waals surface area contributed by atoms with Gasteiger partial charge in [-0.05, 0) is 91.3 Å². The summed E-state index contributed by atoms with van der Waals surface area (Å²) in [6.07, 6.45) is 7.01. The van der Waals surface area contributed by atoms with Crippen molar-refractivity contribution in [1.29, 1.82) is 0 Å². The van der Waals surface area contributed by atoms with Crippen LogP contribution in [0.2, 0.25) is 5.02 Å². The normalized spacial score (nSPS) is 28.2. The van der Waals surface area contributed by atoms with Gasteiger partial charge in [0.15, 0.2) is 0 Å². The molecule has 4 atom stereocenters. The van der Waals surface area contributed by atoms with Gasteiger partial charge in [-0.25, -0.2) is 4.79 Å². The number of hydrogen-bond donors (Lipinski definition) is 2. The smallest absolute Gasteiger partial charge is 0.335 e. The van der Waals surface area contributed by atoms with Gasteiger partial charge in [0, 0.05) is 23.5 Å². The summed E-state index contributed by atoms with van der Waals surface area (Å²) in [4.78, 5) is 14.1. The monoisotopic (exact) mass is 495 g/mol. The topological polar surface area (TPSA) is 70.0 Å². The number of carbonyl (C=O) groups is 1. The molecule has 1 spiro atoms. The van der Waals surface area contributed by atoms with Crippen LogP contribution in [0.25, 0.3) is 0 Å². The second-order valence-corrected chi connectivity index (χ2v) is 11.3. The Balaban J connectivity index is 1.55. The Bertz CT molecular complexity index is 1150. The SMILES string of the molecule is C=CC[C@@H](O)[C@@]1(C)CC[C@H]1CN1CC2(CCCc3cc(Cl)ccc32)COc2ccc(C(=O)O)cc21. The van der Waals surface area contributed by atoms with Crippen molar-refractivity contribution in [2.75, 3.05) is 24.6 Å². The molecule has 1 heterocycles. The minimum Gasteiger partial charge on any atom is -0.490 e. The number of halogens is 1. The molecule has 2 aromatic rings. The Morgan fingerprint density at radius 3 is 2.86 bits per heavy atom. The maximum atomic E-state index is 11.8. The van der Waals surface area contributed by atoms with Crippen molar-refractivity contribution >= 4 is 23.3 Å². The molecule has 2 aliphatic carbocycles. The molecule has 35 heavy (non-hydrogen) atoms. The predicted molar refractivity (Wildman–Crippen MR) is 139 cm³/mol. The van der Waals surface area contributed by atoms with Gasteiger partial charge in [0.25, 0.3) is 0 Å². The number of aliphatic hydroxyl groups is 1. The molecule has 6 heteroatoms. The third-order valence-corrected chi connectivity index (χ3v) is 9.08. The zero-order chi connectivity index (χ0) is 24.8. The lowest BCUT2D eigenvalue weighted by Crippen LogP contribution is -2.53. The maximum Gasteiger partial charge on any atom is 0.335 e. The average molecular weight is 496 g/mol. The van der Waals surface area contributed by atoms with Gasteiger partial charge >= 0.3 is 5.97 Å². The molecular weight excluding hydrogens is 462 g/mol. The van der Waals surface area contributed by atoms with Crippen LogP contribution in [0, 0.1) is 11.3 Å². The first-order chi connectivity index (χ1) is 16.8. The van der Waals surface area contributed by atoms with E-state index >= 15 is 0 Å². The van der Waals surface area contributed by atoms with Crippen molar-refractivity contribution in [3.8, 4) is 5.75 Å². The van der Waals surface area contributed by atoms with E-state index < -0.39 is 12.1 Å². The average Bonchev–Trinajstić information content (AvgIpc) is 2.98. The number of fused-ring (bicyclic) bond motifs is 3. The number of aromatic carboxylic acids is 1. The quantitative estimate of drug-likeness (QED) is 0.491. The fourth-order valence-corrected chi connectivity index (χ4v) is 6.68. The van der Waals surface area contributed by atoms with Crippen molar-refractivity contribution in [2.24, 2.45) is 11.3 Å². The Hall–Kier alpha value is -2.50. The summed E-state index contributed by atoms with van der Waals surface area (Å²) in [5, 5.41) is 21.3. The summed E-state index contributed by atoms with van der Waals surface area (Å²) in [5.74, 6) is 0.0714. The number of aliphatic hydroxyl groups excluding tert-OH is 1. The summed E-state index contributed by atoms with van der Waals surface area (Å²) in [5.41, 5.74) is 3.26. The number of rotatable bonds is 6. The van der Waals surface area contributed by atoms with Gasteiger partial charge in [-0.3, -0.25) is 0 Å². The third kappa shape index (κ3) is 4.23. The second kappa shape index (κ2) is 9.18. The molecule has 2 N–H and O–H groups in total. The van der Waals surface area contributed by atoms with Crippen molar-refractivity contribution in [3.63, 3.8) is 0 Å². The zero-order valence-electron chi connectivity index (χ0n) is 20.3. The summed E-state index contributed by atoms with van der Waals surface area (Å²) in [6, 6.07) is 11.4. The van der Waals surface area contributed by atoms with Gasteiger partial charge < -0.3 is 19.8 Å². The largest absolute Gasteiger partial charge is 0.490 e. The van der Waals surface area contributed by atoms with Crippen LogP contribution in [0.3, 0.4) is 0 Å². The van der Waals surface area contributed by atoms with Gasteiger partial charge in [-0.15, -0.1) is 6.58 Å². The van der Waals surface area contributed by atoms with E-state index in [-0.39, 0.29) is 16.4 Å². The number of carboxylic acids is 1. The molecular formula is C29H34ClNO4. The highest BCUT2D eigenvalue weighted by Crippen LogP contribution is 2.52. The standard InChI is InChI=1S/C29H34ClNO4/c1-3-5-26(32)28(2)13-11-21(28)16-31-17-29(12-4-6-19-14-22(30)8-9-23(19)29)18-35-25-10-7-20(27(33)34)15-24(25)31/h3,7-10,14-15,21,26,32H,1,4-6,11-13,16-18H2,2H3,(H,33,34)/t21-,26+,28-,29?/m0/s1. The number of nitrogens with zero attached hydrogens (tertiary/aromatic N) is 1. The van der Waals surface area contributed by atoms with E-state index in [1.54, 1.807) is 24.3 Å². The second-order valence-electron chi connectivity index (χ2n) is 10.9. The molecule has 3 aliphatic rings. The summed E-state index contributed by atoms with van der Waals surface area (Å²) in [6.45, 7) is 8.01. The molecule has 2 aromatic carbocycles. The molecule has 1 saturated carbocycles. The molecule has 0 amide bonds. The van der Waals surface area contributed by atoms with E-state index in [9.17, 15) is 15.0 Å². The summed E-state index contributed by atoms with van der Waals surface area (Å²) < 4.78 is 6.43. The molecule has 186 valence electrons. The van der Waals surface area contributed by atoms with E-state index in [0.717, 1.165) is 61.7 Å². The minimum atomic E-state index is -0.945. The Morgan fingerprint density at radius 1 is 1.31 bits per heavy atom. The van der Waals surface area contributed by atoms with E-state index in [1.165, 1.54) is 11.1 Å². The van der Waals surface area contributed by atoms with Gasteiger partial charge in [-0.1, -0.05) is 30.7 Å². The Labute approximate surface area is 212 Å². The minimum absolute atomic E-state index is 0.183. The van der Waals surface area contributed by atoms with Crippen LogP contribution in [0.1, 0.15) is 60.5 Å². The van der Waals surface area contributed by atoms with Crippen molar-refractivity contribution in [3.05, 3.63) is 70.8 Å². The first-order valence-electron chi connectivity index (χ1n) is 12.6. The number of anilines is 1. The molecule has 0 radical (unpaired) electrons. The lowest BCUT2D eigenvalue weighted by molar-refractivity contribution is -0.0695. The number of aryl methyl sites for hydroxylation is 1. The van der Waals surface area contributed by atoms with Crippen LogP contribution in [-0.2, 0) is 11.8 Å². The summed E-state index contributed by atoms with van der Waals surface area (Å²) >= 11 is 6.34. The lowest BCUT2D eigenvalue weighted by atomic mass is 9.57. The van der Waals surface area contributed by atoms with E-state index in [4.69, 9.17) is 16.3 Å². The number of carboxylic acid groups (broad SMARTS) is 1. The molecule has 1 unspecified atom stereocenters. The molecule has 1 aliphatic heterocycles. The molecule has 0 saturated heterocycles. The van der Waals surface area contributed by atoms with Crippen LogP contribution < -0.4 is 9.64 Å². The number of benzene rings is 2. The highest BCUT2D eigenvalue weighted by Gasteiger charge is 2.49. The fourth-order valence-electron chi connectivity index (χ4n) is 6.48. The Kier molecular flexibility index (Phi) is 6.35. The first-order valence-corrected chi connectivity index (χ1v) is 13.0. The van der Waals surface area contributed by atoms with Crippen LogP contribution in [0.5, 0.6) is 5.75 Å². The highest BCUT2D eigenvalue weighted by atomic mass is 35.5. The van der Waals surface area contributed by atoms with Gasteiger partial charge in [0.05, 0.1) is 24.0 Å². The van der Waals surface area contributed by atoms with Crippen LogP contribution >= 0.6 is 11.6 Å². The molecule has 1 fully saturated rings. The van der Waals surface area contributed by atoms with Gasteiger partial charge in [-0.2, -0.15) is 0 Å². The molecule has 0 aromatic heterocycles. The van der Waals surface area contributed by atoms with Crippen LogP contribution in [0.15, 0.2) is 49.1 Å². The molecule has 0 bridgehead atoms. The first kappa shape index (κ1) is 24.2. The third-order valence-electron chi connectivity index (χ3n) is 8.84.